The molecular weight excluding hydrogens is 352 g/mol. The number of carbonyl (C=O) groups excluding carboxylic acids is 1. The Morgan fingerprint density at radius 2 is 2.04 bits per heavy atom. The molecule has 2 aromatic carbocycles. The van der Waals surface area contributed by atoms with Gasteiger partial charge in [-0.15, -0.1) is 0 Å². The highest BCUT2D eigenvalue weighted by Gasteiger charge is 2.19. The van der Waals surface area contributed by atoms with Crippen LogP contribution in [0.2, 0.25) is 5.02 Å². The highest BCUT2D eigenvalue weighted by molar-refractivity contribution is 6.31. The molecule has 0 saturated carbocycles. The molecule has 1 aromatic heterocycles. The van der Waals surface area contributed by atoms with Gasteiger partial charge in [-0.3, -0.25) is 4.79 Å². The maximum Gasteiger partial charge on any atom is 0.308 e. The van der Waals surface area contributed by atoms with Crippen LogP contribution in [-0.2, 0) is 22.4 Å². The summed E-state index contributed by atoms with van der Waals surface area (Å²) in [7, 11) is 0. The van der Waals surface area contributed by atoms with Crippen LogP contribution in [0.25, 0.3) is 11.0 Å². The molecule has 1 atom stereocenters. The average molecular weight is 373 g/mol. The molecule has 1 unspecified atom stereocenters. The second-order valence-corrected chi connectivity index (χ2v) is 6.52. The first-order valence-corrected chi connectivity index (χ1v) is 9.00. The molecule has 5 nitrogen and oxygen atoms in total. The van der Waals surface area contributed by atoms with Gasteiger partial charge in [0.1, 0.15) is 5.82 Å². The van der Waals surface area contributed by atoms with Crippen molar-refractivity contribution in [2.24, 2.45) is 0 Å². The maximum atomic E-state index is 11.7. The smallest absolute Gasteiger partial charge is 0.308 e. The summed E-state index contributed by atoms with van der Waals surface area (Å²) in [5, 5.41) is 10.9. The van der Waals surface area contributed by atoms with Crippen LogP contribution >= 0.6 is 11.6 Å². The van der Waals surface area contributed by atoms with E-state index < -0.39 is 12.1 Å². The van der Waals surface area contributed by atoms with Crippen molar-refractivity contribution in [1.82, 2.24) is 9.97 Å². The molecule has 3 rings (SSSR count). The number of aliphatic hydroxyl groups is 1. The van der Waals surface area contributed by atoms with Crippen molar-refractivity contribution in [2.75, 3.05) is 6.61 Å². The van der Waals surface area contributed by atoms with Crippen LogP contribution in [-0.4, -0.2) is 27.7 Å². The summed E-state index contributed by atoms with van der Waals surface area (Å²) in [4.78, 5) is 19.5. The summed E-state index contributed by atoms with van der Waals surface area (Å²) in [6.07, 6.45) is 0.453. The third-order valence-corrected chi connectivity index (χ3v) is 4.37. The van der Waals surface area contributed by atoms with Gasteiger partial charge in [0.05, 0.1) is 30.2 Å². The van der Waals surface area contributed by atoms with E-state index in [1.165, 1.54) is 5.56 Å². The first-order chi connectivity index (χ1) is 12.6. The van der Waals surface area contributed by atoms with Crippen LogP contribution < -0.4 is 0 Å². The summed E-state index contributed by atoms with van der Waals surface area (Å²) >= 11 is 6.17. The summed E-state index contributed by atoms with van der Waals surface area (Å²) in [5.41, 5.74) is 3.14. The van der Waals surface area contributed by atoms with E-state index in [2.05, 4.69) is 22.1 Å². The Hall–Kier alpha value is -2.37. The minimum atomic E-state index is -1.01. The number of nitrogens with one attached hydrogen (secondary N) is 1. The van der Waals surface area contributed by atoms with Gasteiger partial charge in [0.15, 0.2) is 0 Å². The topological polar surface area (TPSA) is 75.2 Å². The van der Waals surface area contributed by atoms with Gasteiger partial charge in [-0.2, -0.15) is 0 Å². The molecule has 0 bridgehead atoms. The van der Waals surface area contributed by atoms with Crippen molar-refractivity contribution in [2.45, 2.75) is 32.3 Å². The summed E-state index contributed by atoms with van der Waals surface area (Å²) in [6, 6.07) is 13.6. The first kappa shape index (κ1) is 18.4. The number of aliphatic hydroxyl groups excluding tert-OH is 1. The number of ether oxygens (including phenoxy) is 1. The van der Waals surface area contributed by atoms with Crippen molar-refractivity contribution in [1.29, 1.82) is 0 Å². The predicted molar refractivity (Wildman–Crippen MR) is 101 cm³/mol. The highest BCUT2D eigenvalue weighted by Crippen LogP contribution is 2.29. The predicted octanol–water partition coefficient (Wildman–Crippen LogP) is 3.99. The Balaban J connectivity index is 1.82. The number of imidazole rings is 1. The van der Waals surface area contributed by atoms with Crippen molar-refractivity contribution in [3.63, 3.8) is 0 Å². The molecule has 0 aliphatic heterocycles. The lowest BCUT2D eigenvalue weighted by molar-refractivity contribution is -0.145. The zero-order valence-corrected chi connectivity index (χ0v) is 15.3. The van der Waals surface area contributed by atoms with Crippen LogP contribution in [0, 0.1) is 0 Å². The Morgan fingerprint density at radius 1 is 1.27 bits per heavy atom. The third kappa shape index (κ3) is 4.42. The second-order valence-electron chi connectivity index (χ2n) is 6.09. The number of fused-ring (bicyclic) bond motifs is 1. The lowest BCUT2D eigenvalue weighted by Gasteiger charge is -2.11. The SMILES string of the molecule is CCOC(=O)CC(O)c1cc(Cl)cc2[nH]c(CCc3ccccc3)nc12. The van der Waals surface area contributed by atoms with Gasteiger partial charge in [-0.25, -0.2) is 4.98 Å². The number of aryl methyl sites for hydroxylation is 2. The van der Waals surface area contributed by atoms with E-state index in [0.717, 1.165) is 24.2 Å². The summed E-state index contributed by atoms with van der Waals surface area (Å²) < 4.78 is 4.91. The van der Waals surface area contributed by atoms with E-state index >= 15 is 0 Å². The Morgan fingerprint density at radius 3 is 2.77 bits per heavy atom. The number of aromatic nitrogens is 2. The van der Waals surface area contributed by atoms with Crippen LogP contribution in [0.4, 0.5) is 0 Å². The monoisotopic (exact) mass is 372 g/mol. The molecule has 0 saturated heterocycles. The van der Waals surface area contributed by atoms with Crippen molar-refractivity contribution >= 4 is 28.6 Å². The van der Waals surface area contributed by atoms with Crippen LogP contribution in [0.15, 0.2) is 42.5 Å². The van der Waals surface area contributed by atoms with Crippen LogP contribution in [0.5, 0.6) is 0 Å². The number of benzene rings is 2. The molecule has 2 N–H and O–H groups in total. The van der Waals surface area contributed by atoms with Gasteiger partial charge in [0.2, 0.25) is 0 Å². The number of hydrogen-bond donors (Lipinski definition) is 2. The minimum Gasteiger partial charge on any atom is -0.466 e. The quantitative estimate of drug-likeness (QED) is 0.615. The van der Waals surface area contributed by atoms with Crippen LogP contribution in [0.1, 0.15) is 36.4 Å². The Kier molecular flexibility index (Phi) is 5.91. The van der Waals surface area contributed by atoms with Crippen molar-refractivity contribution in [3.05, 3.63) is 64.4 Å². The fourth-order valence-corrected chi connectivity index (χ4v) is 3.15. The largest absolute Gasteiger partial charge is 0.466 e. The van der Waals surface area contributed by atoms with E-state index in [9.17, 15) is 9.90 Å². The molecule has 0 aliphatic carbocycles. The number of H-pyrrole nitrogens is 1. The molecular formula is C20H21ClN2O3. The first-order valence-electron chi connectivity index (χ1n) is 8.62. The van der Waals surface area contributed by atoms with Crippen molar-refractivity contribution < 1.29 is 14.6 Å². The van der Waals surface area contributed by atoms with E-state index in [1.54, 1.807) is 19.1 Å². The zero-order chi connectivity index (χ0) is 18.5. The molecule has 0 aliphatic rings. The summed E-state index contributed by atoms with van der Waals surface area (Å²) in [5.74, 6) is 0.365. The number of carbonyl (C=O) groups is 1. The fraction of sp³-hybridized carbons (Fsp3) is 0.300. The molecule has 136 valence electrons. The van der Waals surface area contributed by atoms with Crippen LogP contribution in [0.3, 0.4) is 0 Å². The maximum absolute atomic E-state index is 11.7. The van der Waals surface area contributed by atoms with Gasteiger partial charge in [-0.05, 0) is 31.0 Å². The standard InChI is InChI=1S/C20H21ClN2O3/c1-2-26-19(25)12-17(24)15-10-14(21)11-16-20(15)23-18(22-16)9-8-13-6-4-3-5-7-13/h3-7,10-11,17,24H,2,8-9,12H2,1H3,(H,22,23). The molecule has 1 heterocycles. The van der Waals surface area contributed by atoms with E-state index in [-0.39, 0.29) is 13.0 Å². The van der Waals surface area contributed by atoms with Gasteiger partial charge in [0.25, 0.3) is 0 Å². The number of nitrogens with zero attached hydrogens (tertiary/aromatic N) is 1. The highest BCUT2D eigenvalue weighted by atomic mass is 35.5. The molecule has 6 heteroatoms. The van der Waals surface area contributed by atoms with Gasteiger partial charge < -0.3 is 14.8 Å². The molecule has 26 heavy (non-hydrogen) atoms. The Labute approximate surface area is 157 Å². The van der Waals surface area contributed by atoms with Crippen molar-refractivity contribution in [3.8, 4) is 0 Å². The van der Waals surface area contributed by atoms with E-state index in [4.69, 9.17) is 16.3 Å². The normalized spacial score (nSPS) is 12.3. The van der Waals surface area contributed by atoms with E-state index in [0.29, 0.717) is 16.1 Å². The number of rotatable bonds is 7. The molecule has 3 aromatic rings. The van der Waals surface area contributed by atoms with E-state index in [1.807, 2.05) is 18.2 Å². The molecule has 0 fully saturated rings. The number of hydrogen-bond acceptors (Lipinski definition) is 4. The minimum absolute atomic E-state index is 0.129. The molecule has 0 amide bonds. The average Bonchev–Trinajstić information content (AvgIpc) is 3.03. The lowest BCUT2D eigenvalue weighted by atomic mass is 10.0. The number of halogens is 1. The number of aromatic amines is 1. The zero-order valence-electron chi connectivity index (χ0n) is 14.5. The lowest BCUT2D eigenvalue weighted by Crippen LogP contribution is -2.10. The Bertz CT molecular complexity index is 893. The number of esters is 1. The van der Waals surface area contributed by atoms with Gasteiger partial charge in [-0.1, -0.05) is 41.9 Å². The molecule has 0 spiro atoms. The fourth-order valence-electron chi connectivity index (χ4n) is 2.93. The second kappa shape index (κ2) is 8.34. The third-order valence-electron chi connectivity index (χ3n) is 4.15. The van der Waals surface area contributed by atoms with Gasteiger partial charge in [0, 0.05) is 17.0 Å². The van der Waals surface area contributed by atoms with Gasteiger partial charge >= 0.3 is 5.97 Å². The molecule has 0 radical (unpaired) electrons. The summed E-state index contributed by atoms with van der Waals surface area (Å²) in [6.45, 7) is 2.01.